The lowest BCUT2D eigenvalue weighted by molar-refractivity contribution is -0.0489. The minimum absolute atomic E-state index is 0.0745. The first-order chi connectivity index (χ1) is 16.2. The molecule has 3 aromatic rings. The van der Waals surface area contributed by atoms with Crippen LogP contribution in [0.25, 0.3) is 11.0 Å². The Bertz CT molecular complexity index is 1280. The standard InChI is InChI=1S/C22H23ClF2N6O3/c1-12-20(32)29-15-9-13(10-17(18(15)27-12)34-22(24)25)11-30-5-7-31(8-6-30)16-4-3-14(21(33)26-2)28-19(16)23/h3-4,9-10,22H,5-8,11H2,1-2H3,(H,26,33)(H,29,32). The summed E-state index contributed by atoms with van der Waals surface area (Å²) >= 11 is 6.31. The van der Waals surface area contributed by atoms with Crippen molar-refractivity contribution in [3.63, 3.8) is 0 Å². The summed E-state index contributed by atoms with van der Waals surface area (Å²) in [6.45, 7) is 1.65. The smallest absolute Gasteiger partial charge is 0.387 e. The minimum Gasteiger partial charge on any atom is -0.432 e. The summed E-state index contributed by atoms with van der Waals surface area (Å²) in [5.74, 6) is -0.384. The number of benzene rings is 1. The zero-order chi connectivity index (χ0) is 24.4. The molecule has 0 spiro atoms. The molecule has 0 aliphatic carbocycles. The molecule has 3 heterocycles. The van der Waals surface area contributed by atoms with E-state index in [-0.39, 0.29) is 39.3 Å². The van der Waals surface area contributed by atoms with Crippen LogP contribution in [0.5, 0.6) is 5.75 Å². The SMILES string of the molecule is CNC(=O)c1ccc(N2CCN(Cc3cc(OC(F)F)c4nc(C)c(=O)[nH]c4c3)CC2)c(Cl)n1. The molecule has 1 saturated heterocycles. The van der Waals surface area contributed by atoms with Gasteiger partial charge in [-0.25, -0.2) is 9.97 Å². The molecular formula is C22H23ClF2N6O3. The molecule has 180 valence electrons. The monoisotopic (exact) mass is 492 g/mol. The predicted molar refractivity (Wildman–Crippen MR) is 124 cm³/mol. The molecule has 0 saturated carbocycles. The van der Waals surface area contributed by atoms with E-state index in [9.17, 15) is 18.4 Å². The Balaban J connectivity index is 1.49. The fraction of sp³-hybridized carbons (Fsp3) is 0.364. The summed E-state index contributed by atoms with van der Waals surface area (Å²) in [6.07, 6.45) is 0. The molecule has 0 atom stereocenters. The summed E-state index contributed by atoms with van der Waals surface area (Å²) in [5, 5.41) is 2.77. The highest BCUT2D eigenvalue weighted by molar-refractivity contribution is 6.32. The summed E-state index contributed by atoms with van der Waals surface area (Å²) in [6, 6.07) is 6.66. The van der Waals surface area contributed by atoms with Gasteiger partial charge >= 0.3 is 6.61 Å². The number of amides is 1. The maximum atomic E-state index is 13.0. The number of rotatable bonds is 6. The van der Waals surface area contributed by atoms with Gasteiger partial charge in [0.25, 0.3) is 11.5 Å². The van der Waals surface area contributed by atoms with Crippen LogP contribution in [0, 0.1) is 6.92 Å². The lowest BCUT2D eigenvalue weighted by Crippen LogP contribution is -2.46. The van der Waals surface area contributed by atoms with Crippen molar-refractivity contribution in [2.24, 2.45) is 0 Å². The number of aryl methyl sites for hydroxylation is 1. The van der Waals surface area contributed by atoms with Crippen molar-refractivity contribution in [3.8, 4) is 5.75 Å². The van der Waals surface area contributed by atoms with Gasteiger partial charge < -0.3 is 19.9 Å². The Morgan fingerprint density at radius 1 is 1.24 bits per heavy atom. The fourth-order valence-electron chi connectivity index (χ4n) is 3.91. The number of pyridine rings is 1. The third-order valence-corrected chi connectivity index (χ3v) is 5.89. The fourth-order valence-corrected chi connectivity index (χ4v) is 4.18. The Morgan fingerprint density at radius 3 is 2.62 bits per heavy atom. The molecule has 2 aromatic heterocycles. The number of nitrogens with one attached hydrogen (secondary N) is 2. The number of piperazine rings is 1. The van der Waals surface area contributed by atoms with Crippen LogP contribution < -0.4 is 20.5 Å². The van der Waals surface area contributed by atoms with Gasteiger partial charge in [-0.1, -0.05) is 11.6 Å². The summed E-state index contributed by atoms with van der Waals surface area (Å²) in [5.41, 5.74) is 2.03. The third kappa shape index (κ3) is 5.10. The predicted octanol–water partition coefficient (Wildman–Crippen LogP) is 2.56. The molecule has 1 aliphatic heterocycles. The van der Waals surface area contributed by atoms with E-state index in [0.29, 0.717) is 43.8 Å². The van der Waals surface area contributed by atoms with Gasteiger partial charge in [0.2, 0.25) is 0 Å². The number of halogens is 3. The van der Waals surface area contributed by atoms with Crippen molar-refractivity contribution in [2.75, 3.05) is 38.1 Å². The average molecular weight is 493 g/mol. The van der Waals surface area contributed by atoms with Crippen molar-refractivity contribution in [1.82, 2.24) is 25.2 Å². The number of alkyl halides is 2. The van der Waals surface area contributed by atoms with Crippen molar-refractivity contribution in [2.45, 2.75) is 20.1 Å². The topological polar surface area (TPSA) is 103 Å². The quantitative estimate of drug-likeness (QED) is 0.510. The molecule has 1 aromatic carbocycles. The number of fused-ring (bicyclic) bond motifs is 1. The normalized spacial score (nSPS) is 14.6. The second-order valence-corrected chi connectivity index (χ2v) is 8.23. The lowest BCUT2D eigenvalue weighted by Gasteiger charge is -2.36. The van der Waals surface area contributed by atoms with Gasteiger partial charge in [-0.05, 0) is 36.8 Å². The molecule has 1 amide bonds. The molecule has 12 heteroatoms. The first-order valence-electron chi connectivity index (χ1n) is 10.6. The van der Waals surface area contributed by atoms with E-state index in [1.807, 2.05) is 0 Å². The zero-order valence-electron chi connectivity index (χ0n) is 18.6. The second kappa shape index (κ2) is 9.90. The Morgan fingerprint density at radius 2 is 1.97 bits per heavy atom. The number of ether oxygens (including phenoxy) is 1. The summed E-state index contributed by atoms with van der Waals surface area (Å²) < 4.78 is 30.6. The number of carbonyl (C=O) groups is 1. The number of carbonyl (C=O) groups excluding carboxylic acids is 1. The number of anilines is 1. The van der Waals surface area contributed by atoms with Crippen LogP contribution in [-0.4, -0.2) is 65.6 Å². The van der Waals surface area contributed by atoms with E-state index in [1.165, 1.54) is 20.0 Å². The lowest BCUT2D eigenvalue weighted by atomic mass is 10.1. The molecule has 1 fully saturated rings. The van der Waals surface area contributed by atoms with Crippen LogP contribution in [0.15, 0.2) is 29.1 Å². The van der Waals surface area contributed by atoms with E-state index in [1.54, 1.807) is 18.2 Å². The molecule has 1 aliphatic rings. The number of nitrogens with zero attached hydrogens (tertiary/aromatic N) is 4. The number of aromatic amines is 1. The van der Waals surface area contributed by atoms with Crippen LogP contribution in [0.2, 0.25) is 5.15 Å². The molecule has 0 radical (unpaired) electrons. The molecule has 0 bridgehead atoms. The Labute approximate surface area is 198 Å². The Kier molecular flexibility index (Phi) is 6.94. The van der Waals surface area contributed by atoms with E-state index < -0.39 is 6.61 Å². The maximum Gasteiger partial charge on any atom is 0.387 e. The highest BCUT2D eigenvalue weighted by atomic mass is 35.5. The van der Waals surface area contributed by atoms with Gasteiger partial charge in [0, 0.05) is 39.8 Å². The maximum absolute atomic E-state index is 13.0. The van der Waals surface area contributed by atoms with Gasteiger partial charge in [-0.3, -0.25) is 14.5 Å². The van der Waals surface area contributed by atoms with Crippen molar-refractivity contribution >= 4 is 34.2 Å². The van der Waals surface area contributed by atoms with Crippen molar-refractivity contribution < 1.29 is 18.3 Å². The molecule has 2 N–H and O–H groups in total. The van der Waals surface area contributed by atoms with Crippen molar-refractivity contribution in [3.05, 3.63) is 56.7 Å². The first-order valence-corrected chi connectivity index (χ1v) is 11.0. The number of hydrogen-bond acceptors (Lipinski definition) is 7. The van der Waals surface area contributed by atoms with Crippen LogP contribution in [0.1, 0.15) is 21.7 Å². The van der Waals surface area contributed by atoms with E-state index in [0.717, 1.165) is 5.69 Å². The largest absolute Gasteiger partial charge is 0.432 e. The summed E-state index contributed by atoms with van der Waals surface area (Å²) in [7, 11) is 1.53. The van der Waals surface area contributed by atoms with Crippen LogP contribution in [0.3, 0.4) is 0 Å². The zero-order valence-corrected chi connectivity index (χ0v) is 19.3. The first kappa shape index (κ1) is 23.8. The van der Waals surface area contributed by atoms with E-state index in [2.05, 4.69) is 34.8 Å². The third-order valence-electron chi connectivity index (χ3n) is 5.62. The Hall–Kier alpha value is -3.31. The number of hydrogen-bond donors (Lipinski definition) is 2. The van der Waals surface area contributed by atoms with Crippen LogP contribution >= 0.6 is 11.6 Å². The number of aromatic nitrogens is 3. The molecular weight excluding hydrogens is 470 g/mol. The van der Waals surface area contributed by atoms with Gasteiger partial charge in [0.05, 0.1) is 11.2 Å². The highest BCUT2D eigenvalue weighted by Crippen LogP contribution is 2.28. The van der Waals surface area contributed by atoms with Crippen LogP contribution in [-0.2, 0) is 6.54 Å². The number of H-pyrrole nitrogens is 1. The van der Waals surface area contributed by atoms with Crippen LogP contribution in [0.4, 0.5) is 14.5 Å². The van der Waals surface area contributed by atoms with E-state index in [4.69, 9.17) is 11.6 Å². The van der Waals surface area contributed by atoms with Gasteiger partial charge in [-0.2, -0.15) is 8.78 Å². The average Bonchev–Trinajstić information content (AvgIpc) is 2.80. The summed E-state index contributed by atoms with van der Waals surface area (Å²) in [4.78, 5) is 38.9. The van der Waals surface area contributed by atoms with Gasteiger partial charge in [0.15, 0.2) is 10.9 Å². The molecule has 9 nitrogen and oxygen atoms in total. The van der Waals surface area contributed by atoms with E-state index >= 15 is 0 Å². The molecule has 4 rings (SSSR count). The second-order valence-electron chi connectivity index (χ2n) is 7.87. The molecule has 0 unspecified atom stereocenters. The highest BCUT2D eigenvalue weighted by Gasteiger charge is 2.22. The minimum atomic E-state index is -3.01. The molecule has 34 heavy (non-hydrogen) atoms. The van der Waals surface area contributed by atoms with Gasteiger partial charge in [0.1, 0.15) is 16.9 Å². The van der Waals surface area contributed by atoms with Gasteiger partial charge in [-0.15, -0.1) is 0 Å². The van der Waals surface area contributed by atoms with Crippen molar-refractivity contribution in [1.29, 1.82) is 0 Å².